The number of nitrogens with zero attached hydrogens (tertiary/aromatic N) is 2. The van der Waals surface area contributed by atoms with Crippen molar-refractivity contribution in [2.24, 2.45) is 0 Å². The number of likely N-dealkylation sites (N-methyl/N-ethyl adjacent to an activating group) is 1. The SMILES string of the molecule is CCOc1ccccc1N(CC(=O)N(Cc1cccc(OC)c1)C(Cc1ccccc1)C(=O)NC)S(=O)(=O)c1ccccc1. The van der Waals surface area contributed by atoms with E-state index in [0.29, 0.717) is 23.7 Å². The molecule has 0 bridgehead atoms. The van der Waals surface area contributed by atoms with Crippen molar-refractivity contribution in [3.8, 4) is 11.5 Å². The summed E-state index contributed by atoms with van der Waals surface area (Å²) in [4.78, 5) is 29.3. The number of methoxy groups -OCH3 is 1. The van der Waals surface area contributed by atoms with Gasteiger partial charge in [0.2, 0.25) is 11.8 Å². The third-order valence-corrected chi connectivity index (χ3v) is 8.82. The lowest BCUT2D eigenvalue weighted by molar-refractivity contribution is -0.139. The van der Waals surface area contributed by atoms with Gasteiger partial charge in [0, 0.05) is 20.0 Å². The molecule has 0 heterocycles. The number of carbonyl (C=O) groups is 2. The van der Waals surface area contributed by atoms with Crippen LogP contribution in [-0.2, 0) is 32.6 Å². The van der Waals surface area contributed by atoms with Crippen LogP contribution in [0.2, 0.25) is 0 Å². The highest BCUT2D eigenvalue weighted by atomic mass is 32.2. The first-order valence-corrected chi connectivity index (χ1v) is 15.7. The Hall–Kier alpha value is -4.83. The molecule has 0 aliphatic heterocycles. The van der Waals surface area contributed by atoms with Crippen LogP contribution in [0.5, 0.6) is 11.5 Å². The number of rotatable bonds is 14. The summed E-state index contributed by atoms with van der Waals surface area (Å²) in [7, 11) is -1.17. The Morgan fingerprint density at radius 3 is 2.14 bits per heavy atom. The molecular formula is C34H37N3O6S. The van der Waals surface area contributed by atoms with E-state index >= 15 is 0 Å². The smallest absolute Gasteiger partial charge is 0.264 e. The number of carbonyl (C=O) groups excluding carboxylic acids is 2. The summed E-state index contributed by atoms with van der Waals surface area (Å²) in [6.07, 6.45) is 0.219. The number of amides is 2. The van der Waals surface area contributed by atoms with E-state index in [1.807, 2.05) is 36.4 Å². The number of anilines is 1. The molecule has 1 N–H and O–H groups in total. The largest absolute Gasteiger partial charge is 0.497 e. The molecule has 0 aromatic heterocycles. The van der Waals surface area contributed by atoms with Gasteiger partial charge >= 0.3 is 0 Å². The number of para-hydroxylation sites is 2. The monoisotopic (exact) mass is 615 g/mol. The minimum atomic E-state index is -4.23. The summed E-state index contributed by atoms with van der Waals surface area (Å²) < 4.78 is 40.5. The topological polar surface area (TPSA) is 105 Å². The lowest BCUT2D eigenvalue weighted by Gasteiger charge is -2.34. The molecule has 230 valence electrons. The highest BCUT2D eigenvalue weighted by molar-refractivity contribution is 7.92. The second-order valence-corrected chi connectivity index (χ2v) is 11.8. The van der Waals surface area contributed by atoms with Gasteiger partial charge < -0.3 is 19.7 Å². The molecule has 0 radical (unpaired) electrons. The highest BCUT2D eigenvalue weighted by Crippen LogP contribution is 2.33. The van der Waals surface area contributed by atoms with Crippen LogP contribution in [0.25, 0.3) is 0 Å². The molecule has 0 aliphatic carbocycles. The number of nitrogens with one attached hydrogen (secondary N) is 1. The van der Waals surface area contributed by atoms with Crippen molar-refractivity contribution < 1.29 is 27.5 Å². The molecule has 0 fully saturated rings. The fourth-order valence-corrected chi connectivity index (χ4v) is 6.31. The lowest BCUT2D eigenvalue weighted by Crippen LogP contribution is -2.53. The third-order valence-electron chi connectivity index (χ3n) is 7.05. The lowest BCUT2D eigenvalue weighted by atomic mass is 10.0. The summed E-state index contributed by atoms with van der Waals surface area (Å²) in [5, 5.41) is 2.69. The number of sulfonamides is 1. The molecule has 2 amide bonds. The minimum Gasteiger partial charge on any atom is -0.497 e. The Kier molecular flexibility index (Phi) is 11.0. The van der Waals surface area contributed by atoms with E-state index < -0.39 is 28.5 Å². The number of ether oxygens (including phenoxy) is 2. The summed E-state index contributed by atoms with van der Waals surface area (Å²) in [6.45, 7) is 1.55. The maximum Gasteiger partial charge on any atom is 0.264 e. The Morgan fingerprint density at radius 1 is 0.841 bits per heavy atom. The predicted octanol–water partition coefficient (Wildman–Crippen LogP) is 4.68. The zero-order valence-corrected chi connectivity index (χ0v) is 25.9. The predicted molar refractivity (Wildman–Crippen MR) is 170 cm³/mol. The Morgan fingerprint density at radius 2 is 1.48 bits per heavy atom. The van der Waals surface area contributed by atoms with Crippen molar-refractivity contribution in [2.45, 2.75) is 30.8 Å². The molecule has 1 atom stereocenters. The molecule has 44 heavy (non-hydrogen) atoms. The Bertz CT molecular complexity index is 1650. The number of hydrogen-bond donors (Lipinski definition) is 1. The molecule has 9 nitrogen and oxygen atoms in total. The van der Waals surface area contributed by atoms with E-state index in [4.69, 9.17) is 9.47 Å². The van der Waals surface area contributed by atoms with Crippen LogP contribution < -0.4 is 19.1 Å². The summed E-state index contributed by atoms with van der Waals surface area (Å²) in [6, 6.07) is 30.2. The third kappa shape index (κ3) is 7.76. The fraction of sp³-hybridized carbons (Fsp3) is 0.235. The Labute approximate surface area is 259 Å². The van der Waals surface area contributed by atoms with E-state index in [1.54, 1.807) is 74.7 Å². The van der Waals surface area contributed by atoms with E-state index in [0.717, 1.165) is 9.87 Å². The molecule has 0 spiro atoms. The van der Waals surface area contributed by atoms with E-state index in [-0.39, 0.29) is 29.5 Å². The Balaban J connectivity index is 1.82. The van der Waals surface area contributed by atoms with Gasteiger partial charge in [-0.15, -0.1) is 0 Å². The molecule has 4 aromatic carbocycles. The molecule has 10 heteroatoms. The van der Waals surface area contributed by atoms with Gasteiger partial charge in [-0.3, -0.25) is 13.9 Å². The van der Waals surface area contributed by atoms with Crippen LogP contribution in [0.1, 0.15) is 18.1 Å². The van der Waals surface area contributed by atoms with Gasteiger partial charge in [0.15, 0.2) is 0 Å². The maximum absolute atomic E-state index is 14.5. The quantitative estimate of drug-likeness (QED) is 0.221. The van der Waals surface area contributed by atoms with Crippen LogP contribution in [0.15, 0.2) is 114 Å². The molecule has 1 unspecified atom stereocenters. The van der Waals surface area contributed by atoms with Gasteiger partial charge in [-0.25, -0.2) is 8.42 Å². The fourth-order valence-electron chi connectivity index (χ4n) is 4.86. The molecule has 0 saturated carbocycles. The van der Waals surface area contributed by atoms with E-state index in [9.17, 15) is 18.0 Å². The number of hydrogen-bond acceptors (Lipinski definition) is 6. The van der Waals surface area contributed by atoms with Gasteiger partial charge in [-0.1, -0.05) is 72.8 Å². The average Bonchev–Trinajstić information content (AvgIpc) is 3.06. The van der Waals surface area contributed by atoms with Gasteiger partial charge in [-0.2, -0.15) is 0 Å². The molecule has 0 aliphatic rings. The molecule has 0 saturated heterocycles. The zero-order chi connectivity index (χ0) is 31.5. The molecule has 4 aromatic rings. The van der Waals surface area contributed by atoms with E-state index in [2.05, 4.69) is 5.32 Å². The second-order valence-electron chi connectivity index (χ2n) is 9.92. The second kappa shape index (κ2) is 15.1. The van der Waals surface area contributed by atoms with Gasteiger partial charge in [0.25, 0.3) is 10.0 Å². The van der Waals surface area contributed by atoms with E-state index in [1.165, 1.54) is 24.1 Å². The van der Waals surface area contributed by atoms with Gasteiger partial charge in [0.1, 0.15) is 24.1 Å². The van der Waals surface area contributed by atoms with Crippen molar-refractivity contribution in [2.75, 3.05) is 31.6 Å². The highest BCUT2D eigenvalue weighted by Gasteiger charge is 2.35. The maximum atomic E-state index is 14.5. The van der Waals surface area contributed by atoms with Crippen LogP contribution in [-0.4, -0.2) is 58.5 Å². The summed E-state index contributed by atoms with van der Waals surface area (Å²) >= 11 is 0. The van der Waals surface area contributed by atoms with Crippen molar-refractivity contribution in [3.05, 3.63) is 120 Å². The minimum absolute atomic E-state index is 0.0191. The standard InChI is InChI=1S/C34H37N3O6S/c1-4-43-32-21-12-11-20-30(32)37(44(40,41)29-18-9-6-10-19-29)25-33(38)36(24-27-16-13-17-28(22-27)42-3)31(34(39)35-2)23-26-14-7-5-8-15-26/h5-22,31H,4,23-25H2,1-3H3,(H,35,39). The van der Waals surface area contributed by atoms with Crippen molar-refractivity contribution in [3.63, 3.8) is 0 Å². The van der Waals surface area contributed by atoms with Crippen LogP contribution in [0.3, 0.4) is 0 Å². The van der Waals surface area contributed by atoms with Crippen molar-refractivity contribution in [1.82, 2.24) is 10.2 Å². The van der Waals surface area contributed by atoms with Gasteiger partial charge in [-0.05, 0) is 54.4 Å². The van der Waals surface area contributed by atoms with Crippen molar-refractivity contribution in [1.29, 1.82) is 0 Å². The van der Waals surface area contributed by atoms with Crippen LogP contribution >= 0.6 is 0 Å². The molecule has 4 rings (SSSR count). The normalized spacial score (nSPS) is 11.7. The van der Waals surface area contributed by atoms with Crippen LogP contribution in [0, 0.1) is 0 Å². The number of benzene rings is 4. The van der Waals surface area contributed by atoms with Crippen molar-refractivity contribution >= 4 is 27.5 Å². The average molecular weight is 616 g/mol. The zero-order valence-electron chi connectivity index (χ0n) is 25.1. The first-order valence-electron chi connectivity index (χ1n) is 14.3. The molecular weight excluding hydrogens is 578 g/mol. The van der Waals surface area contributed by atoms with Crippen LogP contribution in [0.4, 0.5) is 5.69 Å². The van der Waals surface area contributed by atoms with Gasteiger partial charge in [0.05, 0.1) is 24.3 Å². The first-order chi connectivity index (χ1) is 21.3. The summed E-state index contributed by atoms with van der Waals surface area (Å²) in [5.74, 6) is -0.0393. The summed E-state index contributed by atoms with van der Waals surface area (Å²) in [5.41, 5.74) is 1.78. The first kappa shape index (κ1) is 32.1.